The summed E-state index contributed by atoms with van der Waals surface area (Å²) in [6.07, 6.45) is 0.739. The summed E-state index contributed by atoms with van der Waals surface area (Å²) in [6, 6.07) is 8.84. The average molecular weight is 306 g/mol. The Kier molecular flexibility index (Phi) is 6.56. The molecule has 1 rings (SSSR count). The van der Waals surface area contributed by atoms with Gasteiger partial charge in [-0.25, -0.2) is 0 Å². The van der Waals surface area contributed by atoms with Crippen molar-refractivity contribution in [2.75, 3.05) is 13.1 Å². The fraction of sp³-hybridized carbons (Fsp3) is 0.438. The van der Waals surface area contributed by atoms with Gasteiger partial charge in [-0.3, -0.25) is 14.4 Å². The molecule has 0 spiro atoms. The minimum absolute atomic E-state index is 0.0809. The molecule has 6 nitrogen and oxygen atoms in total. The van der Waals surface area contributed by atoms with Gasteiger partial charge in [-0.05, 0) is 32.4 Å². The molecule has 22 heavy (non-hydrogen) atoms. The number of amides is 2. The van der Waals surface area contributed by atoms with E-state index in [1.165, 1.54) is 0 Å². The standard InChI is InChI=1S/C16H22N2O4/c1-16(2,15(21)22)11-18-13(19)9-6-10-17-14(20)12-7-4-3-5-8-12/h3-5,7-8H,6,9-11H2,1-2H3,(H,17,20)(H,18,19)(H,21,22). The first-order chi connectivity index (χ1) is 10.3. The molecule has 0 aromatic heterocycles. The molecule has 0 aliphatic carbocycles. The Labute approximate surface area is 129 Å². The highest BCUT2D eigenvalue weighted by molar-refractivity contribution is 5.94. The van der Waals surface area contributed by atoms with Crippen molar-refractivity contribution < 1.29 is 19.5 Å². The number of rotatable bonds is 8. The maximum Gasteiger partial charge on any atom is 0.310 e. The van der Waals surface area contributed by atoms with E-state index in [9.17, 15) is 14.4 Å². The topological polar surface area (TPSA) is 95.5 Å². The molecule has 0 aliphatic heterocycles. The quantitative estimate of drug-likeness (QED) is 0.633. The normalized spacial score (nSPS) is 10.8. The number of aliphatic carboxylic acids is 1. The van der Waals surface area contributed by atoms with Crippen molar-refractivity contribution in [1.82, 2.24) is 10.6 Å². The molecule has 0 radical (unpaired) electrons. The van der Waals surface area contributed by atoms with E-state index in [1.807, 2.05) is 6.07 Å². The second-order valence-electron chi connectivity index (χ2n) is 5.69. The summed E-state index contributed by atoms with van der Waals surface area (Å²) in [5.74, 6) is -1.35. The summed E-state index contributed by atoms with van der Waals surface area (Å²) in [5, 5.41) is 14.3. The molecule has 0 aliphatic rings. The second kappa shape index (κ2) is 8.17. The summed E-state index contributed by atoms with van der Waals surface area (Å²) in [7, 11) is 0. The molecule has 0 bridgehead atoms. The molecule has 0 heterocycles. The van der Waals surface area contributed by atoms with Gasteiger partial charge >= 0.3 is 5.97 Å². The number of carbonyl (C=O) groups is 3. The molecule has 0 atom stereocenters. The van der Waals surface area contributed by atoms with Crippen molar-refractivity contribution in [2.24, 2.45) is 5.41 Å². The summed E-state index contributed by atoms with van der Waals surface area (Å²) in [5.41, 5.74) is -0.410. The third-order valence-electron chi connectivity index (χ3n) is 3.21. The van der Waals surface area contributed by atoms with Crippen LogP contribution in [0.25, 0.3) is 0 Å². The van der Waals surface area contributed by atoms with Gasteiger partial charge in [-0.2, -0.15) is 0 Å². The molecule has 0 unspecified atom stereocenters. The minimum atomic E-state index is -0.989. The first-order valence-electron chi connectivity index (χ1n) is 7.16. The number of benzene rings is 1. The molecule has 120 valence electrons. The number of hydrogen-bond acceptors (Lipinski definition) is 3. The number of carboxylic acid groups (broad SMARTS) is 1. The van der Waals surface area contributed by atoms with Gasteiger partial charge in [0.25, 0.3) is 5.91 Å². The first-order valence-corrected chi connectivity index (χ1v) is 7.16. The van der Waals surface area contributed by atoms with Crippen LogP contribution in [0.1, 0.15) is 37.0 Å². The van der Waals surface area contributed by atoms with Gasteiger partial charge in [0, 0.05) is 25.1 Å². The molecule has 3 N–H and O–H groups in total. The van der Waals surface area contributed by atoms with E-state index < -0.39 is 11.4 Å². The predicted molar refractivity (Wildman–Crippen MR) is 82.4 cm³/mol. The Morgan fingerprint density at radius 3 is 2.32 bits per heavy atom. The minimum Gasteiger partial charge on any atom is -0.481 e. The van der Waals surface area contributed by atoms with Gasteiger partial charge in [-0.1, -0.05) is 18.2 Å². The Hall–Kier alpha value is -2.37. The van der Waals surface area contributed by atoms with Gasteiger partial charge in [-0.15, -0.1) is 0 Å². The largest absolute Gasteiger partial charge is 0.481 e. The molecule has 2 amide bonds. The van der Waals surface area contributed by atoms with Crippen molar-refractivity contribution in [1.29, 1.82) is 0 Å². The first kappa shape index (κ1) is 17.7. The number of carboxylic acids is 1. The van der Waals surface area contributed by atoms with Crippen molar-refractivity contribution in [2.45, 2.75) is 26.7 Å². The smallest absolute Gasteiger partial charge is 0.310 e. The molecular weight excluding hydrogens is 284 g/mol. The van der Waals surface area contributed by atoms with E-state index in [2.05, 4.69) is 10.6 Å². The van der Waals surface area contributed by atoms with Crippen LogP contribution in [0.5, 0.6) is 0 Å². The van der Waals surface area contributed by atoms with E-state index in [1.54, 1.807) is 38.1 Å². The maximum absolute atomic E-state index is 11.7. The van der Waals surface area contributed by atoms with Crippen LogP contribution >= 0.6 is 0 Å². The maximum atomic E-state index is 11.7. The number of hydrogen-bond donors (Lipinski definition) is 3. The molecule has 0 fully saturated rings. The number of nitrogens with one attached hydrogen (secondary N) is 2. The zero-order valence-corrected chi connectivity index (χ0v) is 12.9. The van der Waals surface area contributed by atoms with Crippen LogP contribution in [0.3, 0.4) is 0 Å². The highest BCUT2D eigenvalue weighted by Gasteiger charge is 2.27. The van der Waals surface area contributed by atoms with Crippen molar-refractivity contribution in [3.8, 4) is 0 Å². The summed E-state index contributed by atoms with van der Waals surface area (Å²) >= 11 is 0. The lowest BCUT2D eigenvalue weighted by atomic mass is 9.94. The summed E-state index contributed by atoms with van der Waals surface area (Å²) < 4.78 is 0. The summed E-state index contributed by atoms with van der Waals surface area (Å²) in [4.78, 5) is 34.3. The fourth-order valence-electron chi connectivity index (χ4n) is 1.63. The molecule has 6 heteroatoms. The lowest BCUT2D eigenvalue weighted by molar-refractivity contribution is -0.146. The van der Waals surface area contributed by atoms with E-state index >= 15 is 0 Å². The van der Waals surface area contributed by atoms with Crippen LogP contribution in [-0.4, -0.2) is 36.0 Å². The van der Waals surface area contributed by atoms with Gasteiger partial charge < -0.3 is 15.7 Å². The molecule has 0 saturated heterocycles. The third kappa shape index (κ3) is 5.95. The Morgan fingerprint density at radius 1 is 1.09 bits per heavy atom. The highest BCUT2D eigenvalue weighted by atomic mass is 16.4. The van der Waals surface area contributed by atoms with Gasteiger partial charge in [0.1, 0.15) is 0 Å². The third-order valence-corrected chi connectivity index (χ3v) is 3.21. The van der Waals surface area contributed by atoms with E-state index in [4.69, 9.17) is 5.11 Å². The van der Waals surface area contributed by atoms with Crippen molar-refractivity contribution in [3.05, 3.63) is 35.9 Å². The van der Waals surface area contributed by atoms with Crippen molar-refractivity contribution >= 4 is 17.8 Å². The fourth-order valence-corrected chi connectivity index (χ4v) is 1.63. The van der Waals surface area contributed by atoms with Crippen LogP contribution in [0, 0.1) is 5.41 Å². The Balaban J connectivity index is 2.21. The lowest BCUT2D eigenvalue weighted by Crippen LogP contribution is -2.39. The molecular formula is C16H22N2O4. The zero-order valence-electron chi connectivity index (χ0n) is 12.9. The lowest BCUT2D eigenvalue weighted by Gasteiger charge is -2.19. The number of carbonyl (C=O) groups excluding carboxylic acids is 2. The van der Waals surface area contributed by atoms with E-state index in [-0.39, 0.29) is 24.8 Å². The highest BCUT2D eigenvalue weighted by Crippen LogP contribution is 2.13. The van der Waals surface area contributed by atoms with Crippen LogP contribution in [0.4, 0.5) is 0 Å². The molecule has 0 saturated carbocycles. The van der Waals surface area contributed by atoms with Crippen LogP contribution in [0.15, 0.2) is 30.3 Å². The Morgan fingerprint density at radius 2 is 1.73 bits per heavy atom. The van der Waals surface area contributed by atoms with Gasteiger partial charge in [0.2, 0.25) is 5.91 Å². The Bertz CT molecular complexity index is 526. The average Bonchev–Trinajstić information content (AvgIpc) is 2.50. The van der Waals surface area contributed by atoms with E-state index in [0.29, 0.717) is 18.5 Å². The SMILES string of the molecule is CC(C)(CNC(=O)CCCNC(=O)c1ccccc1)C(=O)O. The van der Waals surface area contributed by atoms with E-state index in [0.717, 1.165) is 0 Å². The van der Waals surface area contributed by atoms with Crippen LogP contribution in [0.2, 0.25) is 0 Å². The second-order valence-corrected chi connectivity index (χ2v) is 5.69. The van der Waals surface area contributed by atoms with Gasteiger partial charge in [0.15, 0.2) is 0 Å². The zero-order chi connectivity index (χ0) is 16.6. The monoisotopic (exact) mass is 306 g/mol. The molecule has 1 aromatic rings. The van der Waals surface area contributed by atoms with Crippen LogP contribution < -0.4 is 10.6 Å². The van der Waals surface area contributed by atoms with Gasteiger partial charge in [0.05, 0.1) is 5.41 Å². The van der Waals surface area contributed by atoms with Crippen LogP contribution in [-0.2, 0) is 9.59 Å². The summed E-state index contributed by atoms with van der Waals surface area (Å²) in [6.45, 7) is 3.58. The predicted octanol–water partition coefficient (Wildman–Crippen LogP) is 1.42. The molecule has 1 aromatic carbocycles. The van der Waals surface area contributed by atoms with Crippen molar-refractivity contribution in [3.63, 3.8) is 0 Å².